The molecular formula is C23H24N4O3. The van der Waals surface area contributed by atoms with Gasteiger partial charge in [-0.25, -0.2) is 4.98 Å². The van der Waals surface area contributed by atoms with E-state index in [0.29, 0.717) is 18.8 Å². The van der Waals surface area contributed by atoms with Crippen LogP contribution in [-0.4, -0.2) is 35.0 Å². The van der Waals surface area contributed by atoms with Gasteiger partial charge in [-0.05, 0) is 23.3 Å². The molecule has 2 aromatic carbocycles. The fourth-order valence-corrected chi connectivity index (χ4v) is 3.60. The summed E-state index contributed by atoms with van der Waals surface area (Å²) in [5.41, 5.74) is 2.94. The van der Waals surface area contributed by atoms with Crippen molar-refractivity contribution in [1.29, 1.82) is 0 Å². The number of anilines is 1. The summed E-state index contributed by atoms with van der Waals surface area (Å²) >= 11 is 0. The lowest BCUT2D eigenvalue weighted by Gasteiger charge is -2.17. The van der Waals surface area contributed by atoms with Crippen molar-refractivity contribution in [3.8, 4) is 5.75 Å². The Labute approximate surface area is 175 Å². The molecule has 7 nitrogen and oxygen atoms in total. The van der Waals surface area contributed by atoms with Crippen molar-refractivity contribution < 1.29 is 14.3 Å². The molecule has 2 heterocycles. The highest BCUT2D eigenvalue weighted by molar-refractivity contribution is 6.00. The summed E-state index contributed by atoms with van der Waals surface area (Å²) in [5, 5.41) is 2.96. The van der Waals surface area contributed by atoms with Crippen LogP contribution in [0.3, 0.4) is 0 Å². The SMILES string of the molecule is COc1cccc(N2CC(C(=O)NCc3ccc(Cn4ccnc4)cc3)CC2=O)c1. The van der Waals surface area contributed by atoms with E-state index < -0.39 is 0 Å². The van der Waals surface area contributed by atoms with Gasteiger partial charge < -0.3 is 19.5 Å². The number of methoxy groups -OCH3 is 1. The zero-order chi connectivity index (χ0) is 20.9. The zero-order valence-electron chi connectivity index (χ0n) is 16.8. The number of carbonyl (C=O) groups excluding carboxylic acids is 2. The summed E-state index contributed by atoms with van der Waals surface area (Å²) in [6.07, 6.45) is 5.68. The molecule has 1 aromatic heterocycles. The molecule has 1 saturated heterocycles. The van der Waals surface area contributed by atoms with Crippen LogP contribution in [0.25, 0.3) is 0 Å². The first kappa shape index (κ1) is 19.7. The molecule has 2 amide bonds. The first-order chi connectivity index (χ1) is 14.6. The molecule has 1 unspecified atom stereocenters. The first-order valence-electron chi connectivity index (χ1n) is 9.88. The molecular weight excluding hydrogens is 380 g/mol. The van der Waals surface area contributed by atoms with E-state index in [1.54, 1.807) is 24.5 Å². The first-order valence-corrected chi connectivity index (χ1v) is 9.88. The van der Waals surface area contributed by atoms with E-state index in [0.717, 1.165) is 17.8 Å². The number of carbonyl (C=O) groups is 2. The molecule has 0 saturated carbocycles. The monoisotopic (exact) mass is 404 g/mol. The van der Waals surface area contributed by atoms with Crippen LogP contribution in [0.2, 0.25) is 0 Å². The van der Waals surface area contributed by atoms with Crippen LogP contribution in [0.4, 0.5) is 5.69 Å². The molecule has 0 spiro atoms. The van der Waals surface area contributed by atoms with Crippen molar-refractivity contribution in [2.24, 2.45) is 5.92 Å². The number of amides is 2. The largest absolute Gasteiger partial charge is 0.497 e. The maximum absolute atomic E-state index is 12.6. The van der Waals surface area contributed by atoms with Gasteiger partial charge in [0, 0.05) is 50.2 Å². The Balaban J connectivity index is 1.31. The van der Waals surface area contributed by atoms with Crippen LogP contribution in [-0.2, 0) is 22.7 Å². The number of benzene rings is 2. The van der Waals surface area contributed by atoms with Gasteiger partial charge in [-0.3, -0.25) is 9.59 Å². The molecule has 0 bridgehead atoms. The topological polar surface area (TPSA) is 76.5 Å². The summed E-state index contributed by atoms with van der Waals surface area (Å²) in [6.45, 7) is 1.58. The lowest BCUT2D eigenvalue weighted by molar-refractivity contribution is -0.126. The summed E-state index contributed by atoms with van der Waals surface area (Å²) in [4.78, 5) is 30.7. The highest BCUT2D eigenvalue weighted by Crippen LogP contribution is 2.28. The van der Waals surface area contributed by atoms with E-state index in [4.69, 9.17) is 4.74 Å². The minimum atomic E-state index is -0.357. The van der Waals surface area contributed by atoms with Gasteiger partial charge in [0.1, 0.15) is 5.75 Å². The highest BCUT2D eigenvalue weighted by atomic mass is 16.5. The molecule has 3 aromatic rings. The van der Waals surface area contributed by atoms with Crippen LogP contribution in [0.5, 0.6) is 5.75 Å². The Kier molecular flexibility index (Phi) is 5.79. The predicted octanol–water partition coefficient (Wildman–Crippen LogP) is 2.61. The summed E-state index contributed by atoms with van der Waals surface area (Å²) in [6, 6.07) is 15.4. The summed E-state index contributed by atoms with van der Waals surface area (Å²) in [7, 11) is 1.59. The Hall–Kier alpha value is -3.61. The summed E-state index contributed by atoms with van der Waals surface area (Å²) in [5.74, 6) is 0.178. The van der Waals surface area contributed by atoms with Gasteiger partial charge in [0.25, 0.3) is 0 Å². The smallest absolute Gasteiger partial charge is 0.227 e. The third kappa shape index (κ3) is 4.51. The average molecular weight is 404 g/mol. The second-order valence-corrected chi connectivity index (χ2v) is 7.38. The molecule has 154 valence electrons. The maximum Gasteiger partial charge on any atom is 0.227 e. The van der Waals surface area contributed by atoms with Crippen molar-refractivity contribution in [2.75, 3.05) is 18.6 Å². The standard InChI is InChI=1S/C23H24N4O3/c1-30-21-4-2-3-20(12-21)27-15-19(11-22(27)28)23(29)25-13-17-5-7-18(8-6-17)14-26-10-9-24-16-26/h2-10,12,16,19H,11,13-15H2,1H3,(H,25,29). The van der Waals surface area contributed by atoms with Crippen LogP contribution >= 0.6 is 0 Å². The molecule has 7 heteroatoms. The Morgan fingerprint density at radius 1 is 1.20 bits per heavy atom. The van der Waals surface area contributed by atoms with Gasteiger partial charge in [-0.1, -0.05) is 30.3 Å². The second-order valence-electron chi connectivity index (χ2n) is 7.38. The highest BCUT2D eigenvalue weighted by Gasteiger charge is 2.35. The van der Waals surface area contributed by atoms with E-state index in [2.05, 4.69) is 10.3 Å². The number of nitrogens with one attached hydrogen (secondary N) is 1. The van der Waals surface area contributed by atoms with Crippen LogP contribution in [0.1, 0.15) is 17.5 Å². The van der Waals surface area contributed by atoms with E-state index in [1.807, 2.05) is 59.3 Å². The fourth-order valence-electron chi connectivity index (χ4n) is 3.60. The fraction of sp³-hybridized carbons (Fsp3) is 0.261. The van der Waals surface area contributed by atoms with E-state index in [-0.39, 0.29) is 24.2 Å². The Morgan fingerprint density at radius 3 is 2.73 bits per heavy atom. The maximum atomic E-state index is 12.6. The van der Waals surface area contributed by atoms with E-state index >= 15 is 0 Å². The van der Waals surface area contributed by atoms with Crippen molar-refractivity contribution in [2.45, 2.75) is 19.5 Å². The summed E-state index contributed by atoms with van der Waals surface area (Å²) < 4.78 is 7.23. The molecule has 0 radical (unpaired) electrons. The van der Waals surface area contributed by atoms with Gasteiger partial charge in [-0.2, -0.15) is 0 Å². The van der Waals surface area contributed by atoms with Gasteiger partial charge in [0.05, 0.1) is 19.4 Å². The minimum absolute atomic E-state index is 0.0488. The molecule has 0 aliphatic carbocycles. The average Bonchev–Trinajstić information content (AvgIpc) is 3.42. The van der Waals surface area contributed by atoms with Crippen molar-refractivity contribution in [3.05, 3.63) is 78.4 Å². The molecule has 1 N–H and O–H groups in total. The number of imidazole rings is 1. The van der Waals surface area contributed by atoms with Crippen LogP contribution < -0.4 is 15.0 Å². The van der Waals surface area contributed by atoms with Gasteiger partial charge in [-0.15, -0.1) is 0 Å². The normalized spacial score (nSPS) is 16.0. The number of aromatic nitrogens is 2. The number of rotatable bonds is 7. The third-order valence-corrected chi connectivity index (χ3v) is 5.27. The number of nitrogens with zero attached hydrogens (tertiary/aromatic N) is 3. The molecule has 1 aliphatic heterocycles. The van der Waals surface area contributed by atoms with Gasteiger partial charge >= 0.3 is 0 Å². The number of ether oxygens (including phenoxy) is 1. The van der Waals surface area contributed by atoms with Crippen LogP contribution in [0, 0.1) is 5.92 Å². The zero-order valence-corrected chi connectivity index (χ0v) is 16.8. The molecule has 1 atom stereocenters. The molecule has 4 rings (SSSR count). The van der Waals surface area contributed by atoms with Crippen molar-refractivity contribution in [3.63, 3.8) is 0 Å². The number of hydrogen-bond donors (Lipinski definition) is 1. The Bertz CT molecular complexity index is 1020. The van der Waals surface area contributed by atoms with Crippen LogP contribution in [0.15, 0.2) is 67.3 Å². The molecule has 1 fully saturated rings. The van der Waals surface area contributed by atoms with Crippen molar-refractivity contribution in [1.82, 2.24) is 14.9 Å². The van der Waals surface area contributed by atoms with E-state index in [9.17, 15) is 9.59 Å². The van der Waals surface area contributed by atoms with Gasteiger partial charge in [0.2, 0.25) is 11.8 Å². The number of hydrogen-bond acceptors (Lipinski definition) is 4. The third-order valence-electron chi connectivity index (χ3n) is 5.27. The van der Waals surface area contributed by atoms with Crippen molar-refractivity contribution >= 4 is 17.5 Å². The molecule has 30 heavy (non-hydrogen) atoms. The van der Waals surface area contributed by atoms with E-state index in [1.165, 1.54) is 5.56 Å². The van der Waals surface area contributed by atoms with Gasteiger partial charge in [0.15, 0.2) is 0 Å². The lowest BCUT2D eigenvalue weighted by Crippen LogP contribution is -2.32. The quantitative estimate of drug-likeness (QED) is 0.657. The predicted molar refractivity (Wildman–Crippen MR) is 113 cm³/mol. The lowest BCUT2D eigenvalue weighted by atomic mass is 10.1. The second kappa shape index (κ2) is 8.82. The minimum Gasteiger partial charge on any atom is -0.497 e. The Morgan fingerprint density at radius 2 is 2.00 bits per heavy atom. The molecule has 1 aliphatic rings.